The first kappa shape index (κ1) is 19.3. The maximum atomic E-state index is 12.6. The molecule has 0 unspecified atom stereocenters. The molecular weight excluding hydrogens is 362 g/mol. The molecule has 0 atom stereocenters. The van der Waals surface area contributed by atoms with Crippen LogP contribution in [0.2, 0.25) is 0 Å². The Hall–Kier alpha value is -3.42. The molecule has 8 nitrogen and oxygen atoms in total. The fourth-order valence-corrected chi connectivity index (χ4v) is 3.13. The summed E-state index contributed by atoms with van der Waals surface area (Å²) in [5.41, 5.74) is 0.720. The molecule has 0 aliphatic carbocycles. The van der Waals surface area contributed by atoms with E-state index in [4.69, 9.17) is 4.74 Å². The van der Waals surface area contributed by atoms with Crippen molar-refractivity contribution in [2.45, 2.75) is 20.8 Å². The molecule has 0 spiro atoms. The van der Waals surface area contributed by atoms with Gasteiger partial charge in [0.05, 0.1) is 16.0 Å². The fourth-order valence-electron chi connectivity index (χ4n) is 3.13. The zero-order chi connectivity index (χ0) is 20.6. The Balaban J connectivity index is 1.91. The van der Waals surface area contributed by atoms with Gasteiger partial charge in [0, 0.05) is 29.9 Å². The average molecular weight is 383 g/mol. The largest absolute Gasteiger partial charge is 0.490 e. The molecule has 0 bridgehead atoms. The van der Waals surface area contributed by atoms with E-state index in [-0.39, 0.29) is 29.3 Å². The number of hydrogen-bond acceptors (Lipinski definition) is 5. The van der Waals surface area contributed by atoms with E-state index in [1.54, 1.807) is 25.2 Å². The number of rotatable bonds is 3. The normalized spacial score (nSPS) is 15.3. The predicted molar refractivity (Wildman–Crippen MR) is 105 cm³/mol. The zero-order valence-corrected chi connectivity index (χ0v) is 16.1. The van der Waals surface area contributed by atoms with E-state index in [0.717, 1.165) is 0 Å². The van der Waals surface area contributed by atoms with Crippen molar-refractivity contribution in [1.29, 1.82) is 0 Å². The number of nitro benzene ring substituents is 1. The molecule has 2 amide bonds. The number of nitro groups is 1. The molecule has 8 heteroatoms. The number of hydrogen-bond donors (Lipinski definition) is 1. The van der Waals surface area contributed by atoms with E-state index in [1.807, 2.05) is 13.8 Å². The van der Waals surface area contributed by atoms with E-state index < -0.39 is 16.2 Å². The van der Waals surface area contributed by atoms with Crippen molar-refractivity contribution < 1.29 is 19.2 Å². The molecule has 146 valence electrons. The minimum atomic E-state index is -0.669. The molecular formula is C20H21N3O5. The minimum Gasteiger partial charge on any atom is -0.490 e. The van der Waals surface area contributed by atoms with Crippen LogP contribution in [0.15, 0.2) is 36.4 Å². The second-order valence-electron chi connectivity index (χ2n) is 7.38. The van der Waals surface area contributed by atoms with Crippen LogP contribution in [0.25, 0.3) is 0 Å². The lowest BCUT2D eigenvalue weighted by Gasteiger charge is -2.24. The molecule has 2 aromatic rings. The summed E-state index contributed by atoms with van der Waals surface area (Å²) in [5.74, 6) is -0.0137. The Kier molecular flexibility index (Phi) is 4.80. The number of anilines is 2. The fraction of sp³-hybridized carbons (Fsp3) is 0.300. The van der Waals surface area contributed by atoms with Gasteiger partial charge in [-0.05, 0) is 45.0 Å². The molecule has 0 aromatic heterocycles. The van der Waals surface area contributed by atoms with Crippen LogP contribution < -0.4 is 15.0 Å². The molecule has 0 saturated heterocycles. The van der Waals surface area contributed by atoms with Crippen molar-refractivity contribution in [3.8, 4) is 5.75 Å². The third kappa shape index (κ3) is 3.40. The van der Waals surface area contributed by atoms with Crippen LogP contribution in [0.3, 0.4) is 0 Å². The van der Waals surface area contributed by atoms with Gasteiger partial charge < -0.3 is 15.0 Å². The van der Waals surface area contributed by atoms with Crippen LogP contribution in [0.4, 0.5) is 17.1 Å². The Morgan fingerprint density at radius 3 is 2.68 bits per heavy atom. The van der Waals surface area contributed by atoms with E-state index in [2.05, 4.69) is 5.32 Å². The first-order valence-electron chi connectivity index (χ1n) is 8.72. The smallest absolute Gasteiger partial charge is 0.273 e. The summed E-state index contributed by atoms with van der Waals surface area (Å²) in [7, 11) is 1.66. The number of nitrogens with one attached hydrogen (secondary N) is 1. The van der Waals surface area contributed by atoms with E-state index >= 15 is 0 Å². The van der Waals surface area contributed by atoms with Crippen molar-refractivity contribution in [2.24, 2.45) is 5.41 Å². The van der Waals surface area contributed by atoms with Crippen LogP contribution in [0.1, 0.15) is 29.8 Å². The number of ether oxygens (including phenoxy) is 1. The van der Waals surface area contributed by atoms with Gasteiger partial charge in [0.2, 0.25) is 5.91 Å². The SMILES string of the molecule is Cc1c(C(=O)Nc2ccc3c(c2)N(C)C(=O)C(C)(C)CO3)cccc1[N+](=O)[O-]. The highest BCUT2D eigenvalue weighted by molar-refractivity contribution is 6.06. The van der Waals surface area contributed by atoms with Crippen molar-refractivity contribution in [1.82, 2.24) is 0 Å². The molecule has 0 radical (unpaired) electrons. The minimum absolute atomic E-state index is 0.0933. The van der Waals surface area contributed by atoms with Crippen molar-refractivity contribution >= 4 is 28.9 Å². The Morgan fingerprint density at radius 1 is 1.29 bits per heavy atom. The maximum Gasteiger partial charge on any atom is 0.273 e. The molecule has 0 saturated carbocycles. The summed E-state index contributed by atoms with van der Waals surface area (Å²) >= 11 is 0. The first-order chi connectivity index (χ1) is 13.1. The summed E-state index contributed by atoms with van der Waals surface area (Å²) in [4.78, 5) is 37.4. The van der Waals surface area contributed by atoms with E-state index in [1.165, 1.54) is 30.0 Å². The predicted octanol–water partition coefficient (Wildman–Crippen LogP) is 3.54. The van der Waals surface area contributed by atoms with Crippen LogP contribution in [0.5, 0.6) is 5.75 Å². The van der Waals surface area contributed by atoms with Crippen molar-refractivity contribution in [3.63, 3.8) is 0 Å². The van der Waals surface area contributed by atoms with E-state index in [0.29, 0.717) is 17.1 Å². The Morgan fingerprint density at radius 2 is 2.00 bits per heavy atom. The lowest BCUT2D eigenvalue weighted by atomic mass is 9.93. The van der Waals surface area contributed by atoms with Gasteiger partial charge in [0.25, 0.3) is 11.6 Å². The number of benzene rings is 2. The van der Waals surface area contributed by atoms with Gasteiger partial charge in [0.1, 0.15) is 12.4 Å². The van der Waals surface area contributed by atoms with Gasteiger partial charge in [-0.3, -0.25) is 19.7 Å². The molecule has 1 aliphatic heterocycles. The Labute approximate surface area is 162 Å². The van der Waals surface area contributed by atoms with Gasteiger partial charge in [0.15, 0.2) is 0 Å². The van der Waals surface area contributed by atoms with Gasteiger partial charge in [-0.1, -0.05) is 6.07 Å². The Bertz CT molecular complexity index is 984. The van der Waals surface area contributed by atoms with Gasteiger partial charge >= 0.3 is 0 Å². The third-order valence-corrected chi connectivity index (χ3v) is 4.80. The quantitative estimate of drug-likeness (QED) is 0.645. The van der Waals surface area contributed by atoms with E-state index in [9.17, 15) is 19.7 Å². The molecule has 1 N–H and O–H groups in total. The monoisotopic (exact) mass is 383 g/mol. The van der Waals surface area contributed by atoms with Crippen LogP contribution in [-0.2, 0) is 4.79 Å². The second kappa shape index (κ2) is 6.95. The lowest BCUT2D eigenvalue weighted by molar-refractivity contribution is -0.385. The molecule has 28 heavy (non-hydrogen) atoms. The van der Waals surface area contributed by atoms with Crippen LogP contribution in [0, 0.1) is 22.5 Å². The summed E-state index contributed by atoms with van der Waals surface area (Å²) in [6, 6.07) is 9.37. The number of carbonyl (C=O) groups is 2. The second-order valence-corrected chi connectivity index (χ2v) is 7.38. The highest BCUT2D eigenvalue weighted by atomic mass is 16.6. The summed E-state index contributed by atoms with van der Waals surface area (Å²) in [5, 5.41) is 13.8. The molecule has 0 fully saturated rings. The standard InChI is InChI=1S/C20H21N3O5/c1-12-14(6-5-7-15(12)23(26)27)18(24)21-13-8-9-17-16(10-13)22(4)19(25)20(2,3)11-28-17/h5-10H,11H2,1-4H3,(H,21,24). The van der Waals surface area contributed by atoms with Gasteiger partial charge in [-0.2, -0.15) is 0 Å². The van der Waals surface area contributed by atoms with Gasteiger partial charge in [-0.15, -0.1) is 0 Å². The molecule has 1 aliphatic rings. The highest BCUT2D eigenvalue weighted by Gasteiger charge is 2.36. The van der Waals surface area contributed by atoms with Crippen LogP contribution >= 0.6 is 0 Å². The summed E-state index contributed by atoms with van der Waals surface area (Å²) in [6.45, 7) is 5.41. The van der Waals surface area contributed by atoms with Crippen LogP contribution in [-0.4, -0.2) is 30.4 Å². The van der Waals surface area contributed by atoms with Gasteiger partial charge in [-0.25, -0.2) is 0 Å². The third-order valence-electron chi connectivity index (χ3n) is 4.80. The number of fused-ring (bicyclic) bond motifs is 1. The first-order valence-corrected chi connectivity index (χ1v) is 8.72. The highest BCUT2D eigenvalue weighted by Crippen LogP contribution is 2.37. The van der Waals surface area contributed by atoms with Crippen molar-refractivity contribution in [3.05, 3.63) is 57.6 Å². The number of nitrogens with zero attached hydrogens (tertiary/aromatic N) is 2. The molecule has 3 rings (SSSR count). The topological polar surface area (TPSA) is 102 Å². The number of carbonyl (C=O) groups excluding carboxylic acids is 2. The molecule has 2 aromatic carbocycles. The lowest BCUT2D eigenvalue weighted by Crippen LogP contribution is -2.39. The molecule has 1 heterocycles. The average Bonchev–Trinajstić information content (AvgIpc) is 2.72. The zero-order valence-electron chi connectivity index (χ0n) is 16.1. The number of amides is 2. The summed E-state index contributed by atoms with van der Waals surface area (Å²) < 4.78 is 5.76. The summed E-state index contributed by atoms with van der Waals surface area (Å²) in [6.07, 6.45) is 0. The van der Waals surface area contributed by atoms with Crippen molar-refractivity contribution in [2.75, 3.05) is 23.9 Å². The maximum absolute atomic E-state index is 12.6.